The topological polar surface area (TPSA) is 110 Å². The third kappa shape index (κ3) is 5.37. The van der Waals surface area contributed by atoms with E-state index in [9.17, 15) is 23.3 Å². The van der Waals surface area contributed by atoms with Gasteiger partial charge in [-0.2, -0.15) is 4.31 Å². The van der Waals surface area contributed by atoms with E-state index < -0.39 is 49.8 Å². The van der Waals surface area contributed by atoms with Crippen molar-refractivity contribution in [2.24, 2.45) is 0 Å². The van der Waals surface area contributed by atoms with Crippen molar-refractivity contribution in [2.45, 2.75) is 28.5 Å². The summed E-state index contributed by atoms with van der Waals surface area (Å²) >= 11 is 0. The van der Waals surface area contributed by atoms with E-state index in [0.29, 0.717) is 0 Å². The lowest BCUT2D eigenvalue weighted by Crippen LogP contribution is -2.73. The lowest BCUT2D eigenvalue weighted by Gasteiger charge is -2.59. The van der Waals surface area contributed by atoms with E-state index in [-0.39, 0.29) is 25.0 Å². The fraction of sp³-hybridized carbons (Fsp3) is 0.184. The predicted molar refractivity (Wildman–Crippen MR) is 181 cm³/mol. The number of rotatable bonds is 10. The van der Waals surface area contributed by atoms with E-state index >= 15 is 0 Å². The minimum absolute atomic E-state index is 0.00260. The number of ether oxygens (including phenoxy) is 1. The Balaban J connectivity index is 1.26. The highest BCUT2D eigenvalue weighted by atomic mass is 32.2. The van der Waals surface area contributed by atoms with Crippen molar-refractivity contribution in [2.75, 3.05) is 19.7 Å². The van der Waals surface area contributed by atoms with Crippen LogP contribution in [-0.4, -0.2) is 60.2 Å². The highest BCUT2D eigenvalue weighted by Crippen LogP contribution is 2.47. The molecule has 0 aromatic heterocycles. The van der Waals surface area contributed by atoms with Crippen LogP contribution in [0, 0.1) is 10.1 Å². The molecule has 0 N–H and O–H groups in total. The molecule has 48 heavy (non-hydrogen) atoms. The molecule has 0 saturated carbocycles. The van der Waals surface area contributed by atoms with Crippen LogP contribution in [0.1, 0.15) is 28.2 Å². The van der Waals surface area contributed by atoms with Crippen LogP contribution in [0.5, 0.6) is 0 Å². The molecule has 2 fully saturated rings. The van der Waals surface area contributed by atoms with Gasteiger partial charge in [0.1, 0.15) is 5.60 Å². The van der Waals surface area contributed by atoms with Crippen LogP contribution in [0.15, 0.2) is 150 Å². The minimum atomic E-state index is -4.35. The molecule has 10 heteroatoms. The molecule has 1 amide bonds. The molecule has 2 heterocycles. The molecule has 2 aliphatic heterocycles. The van der Waals surface area contributed by atoms with Gasteiger partial charge in [-0.25, -0.2) is 8.42 Å². The maximum atomic E-state index is 13.9. The molecule has 5 aromatic rings. The summed E-state index contributed by atoms with van der Waals surface area (Å²) in [5.74, 6) is -0.627. The zero-order valence-corrected chi connectivity index (χ0v) is 26.7. The van der Waals surface area contributed by atoms with Gasteiger partial charge in [-0.1, -0.05) is 133 Å². The highest BCUT2D eigenvalue weighted by molar-refractivity contribution is 7.89. The lowest BCUT2D eigenvalue weighted by molar-refractivity contribution is -0.387. The number of amides is 1. The van der Waals surface area contributed by atoms with Crippen LogP contribution >= 0.6 is 0 Å². The molecule has 9 nitrogen and oxygen atoms in total. The van der Waals surface area contributed by atoms with Crippen molar-refractivity contribution in [1.82, 2.24) is 9.21 Å². The van der Waals surface area contributed by atoms with Crippen LogP contribution in [0.3, 0.4) is 0 Å². The molecular weight excluding hydrogens is 627 g/mol. The highest BCUT2D eigenvalue weighted by Gasteiger charge is 2.57. The van der Waals surface area contributed by atoms with Crippen LogP contribution in [0.25, 0.3) is 0 Å². The van der Waals surface area contributed by atoms with Crippen LogP contribution < -0.4 is 0 Å². The number of sulfonamides is 1. The molecule has 242 valence electrons. The Bertz CT molecular complexity index is 1930. The zero-order valence-electron chi connectivity index (χ0n) is 25.9. The van der Waals surface area contributed by atoms with E-state index in [2.05, 4.69) is 0 Å². The van der Waals surface area contributed by atoms with Gasteiger partial charge in [0, 0.05) is 18.5 Å². The Labute approximate surface area is 279 Å². The van der Waals surface area contributed by atoms with E-state index in [1.165, 1.54) is 18.2 Å². The standard InChI is InChI=1S/C38H33N3O6S/c42-36-26-39(48(45,46)35-24-14-13-23-32(35)41(43)44)25-33-37(28-15-5-1-6-16-28)34(40(33)36)27-47-38(29-17-7-2-8-18-29,30-19-9-3-10-20-30)31-21-11-4-12-22-31/h1-24,33-34,37H,25-27H2/t33-,34+,37+/m0/s1. The Hall–Kier alpha value is -5.16. The Morgan fingerprint density at radius 2 is 1.21 bits per heavy atom. The molecule has 5 aromatic carbocycles. The normalized spacial score (nSPS) is 19.7. The molecule has 2 aliphatic rings. The third-order valence-corrected chi connectivity index (χ3v) is 11.3. The molecular formula is C38H33N3O6S. The first-order chi connectivity index (χ1) is 23.3. The maximum Gasteiger partial charge on any atom is 0.289 e. The van der Waals surface area contributed by atoms with Gasteiger partial charge in [0.2, 0.25) is 15.9 Å². The number of benzene rings is 5. The summed E-state index contributed by atoms with van der Waals surface area (Å²) in [4.78, 5) is 26.2. The van der Waals surface area contributed by atoms with Gasteiger partial charge < -0.3 is 9.64 Å². The van der Waals surface area contributed by atoms with Crippen molar-refractivity contribution in [1.29, 1.82) is 0 Å². The number of nitro groups is 1. The van der Waals surface area contributed by atoms with Crippen molar-refractivity contribution in [3.05, 3.63) is 178 Å². The average molecular weight is 660 g/mol. The Morgan fingerprint density at radius 3 is 1.73 bits per heavy atom. The third-order valence-electron chi connectivity index (χ3n) is 9.41. The molecule has 3 atom stereocenters. The largest absolute Gasteiger partial charge is 0.359 e. The number of carbonyl (C=O) groups excluding carboxylic acids is 1. The number of piperazine rings is 1. The maximum absolute atomic E-state index is 13.9. The number of nitro benzene ring substituents is 1. The number of hydrogen-bond acceptors (Lipinski definition) is 6. The number of fused-ring (bicyclic) bond motifs is 1. The number of nitrogens with zero attached hydrogens (tertiary/aromatic N) is 3. The van der Waals surface area contributed by atoms with E-state index in [1.54, 1.807) is 4.90 Å². The van der Waals surface area contributed by atoms with Crippen molar-refractivity contribution >= 4 is 21.6 Å². The fourth-order valence-electron chi connectivity index (χ4n) is 7.25. The minimum Gasteiger partial charge on any atom is -0.359 e. The number of hydrogen-bond donors (Lipinski definition) is 0. The summed E-state index contributed by atoms with van der Waals surface area (Å²) in [5, 5.41) is 11.7. The molecule has 0 unspecified atom stereocenters. The number of carbonyl (C=O) groups is 1. The average Bonchev–Trinajstić information content (AvgIpc) is 3.12. The second-order valence-electron chi connectivity index (χ2n) is 12.0. The second kappa shape index (κ2) is 12.8. The van der Waals surface area contributed by atoms with Crippen molar-refractivity contribution in [3.63, 3.8) is 0 Å². The summed E-state index contributed by atoms with van der Waals surface area (Å²) < 4.78 is 35.8. The molecule has 2 saturated heterocycles. The van der Waals surface area contributed by atoms with Crippen molar-refractivity contribution < 1.29 is 22.9 Å². The summed E-state index contributed by atoms with van der Waals surface area (Å²) in [6.07, 6.45) is 0. The van der Waals surface area contributed by atoms with Crippen LogP contribution in [0.2, 0.25) is 0 Å². The van der Waals surface area contributed by atoms with E-state index in [0.717, 1.165) is 32.6 Å². The predicted octanol–water partition coefficient (Wildman–Crippen LogP) is 5.97. The van der Waals surface area contributed by atoms with Gasteiger partial charge in [0.25, 0.3) is 5.69 Å². The molecule has 0 spiro atoms. The summed E-state index contributed by atoms with van der Waals surface area (Å²) in [6.45, 7) is -0.265. The van der Waals surface area contributed by atoms with Crippen LogP contribution in [-0.2, 0) is 25.2 Å². The second-order valence-corrected chi connectivity index (χ2v) is 13.9. The van der Waals surface area contributed by atoms with Crippen molar-refractivity contribution in [3.8, 4) is 0 Å². The summed E-state index contributed by atoms with van der Waals surface area (Å²) in [5.41, 5.74) is 2.22. The Kier molecular flexibility index (Phi) is 8.38. The van der Waals surface area contributed by atoms with Gasteiger partial charge in [-0.15, -0.1) is 0 Å². The molecule has 0 radical (unpaired) electrons. The summed E-state index contributed by atoms with van der Waals surface area (Å²) in [7, 11) is -4.35. The van der Waals surface area contributed by atoms with Gasteiger partial charge in [-0.05, 0) is 28.3 Å². The lowest BCUT2D eigenvalue weighted by atomic mass is 9.73. The number of para-hydroxylation sites is 1. The first kappa shape index (κ1) is 31.4. The molecule has 7 rings (SSSR count). The van der Waals surface area contributed by atoms with Gasteiger partial charge >= 0.3 is 0 Å². The molecule has 0 aliphatic carbocycles. The smallest absolute Gasteiger partial charge is 0.289 e. The van der Waals surface area contributed by atoms with Gasteiger partial charge in [-0.3, -0.25) is 14.9 Å². The van der Waals surface area contributed by atoms with E-state index in [1.807, 2.05) is 121 Å². The first-order valence-corrected chi connectivity index (χ1v) is 17.2. The molecule has 0 bridgehead atoms. The zero-order chi connectivity index (χ0) is 33.3. The SMILES string of the molecule is O=C1CN(S(=O)(=O)c2ccccc2[N+](=O)[O-])C[C@H]2[C@@H](c3ccccc3)[C@@H](COC(c3ccccc3)(c3ccccc3)c3ccccc3)N12. The van der Waals surface area contributed by atoms with Gasteiger partial charge in [0.05, 0.1) is 30.2 Å². The summed E-state index contributed by atoms with van der Waals surface area (Å²) in [6, 6.07) is 44.0. The van der Waals surface area contributed by atoms with E-state index in [4.69, 9.17) is 4.74 Å². The van der Waals surface area contributed by atoms with Crippen LogP contribution in [0.4, 0.5) is 5.69 Å². The van der Waals surface area contributed by atoms with Gasteiger partial charge in [0.15, 0.2) is 4.90 Å². The monoisotopic (exact) mass is 659 g/mol. The quantitative estimate of drug-likeness (QED) is 0.104. The Morgan fingerprint density at radius 1 is 0.729 bits per heavy atom. The first-order valence-electron chi connectivity index (χ1n) is 15.7. The fourth-order valence-corrected chi connectivity index (χ4v) is 8.82.